The molecule has 0 spiro atoms. The Hall–Kier alpha value is -3.93. The first-order valence-corrected chi connectivity index (χ1v) is 10.2. The van der Waals surface area contributed by atoms with Gasteiger partial charge >= 0.3 is 12.2 Å². The van der Waals surface area contributed by atoms with Crippen LogP contribution in [-0.4, -0.2) is 27.6 Å². The average Bonchev–Trinajstić information content (AvgIpc) is 2.76. The average molecular weight is 476 g/mol. The van der Waals surface area contributed by atoms with Gasteiger partial charge in [-0.15, -0.1) is 0 Å². The lowest BCUT2D eigenvalue weighted by Crippen LogP contribution is -2.22. The number of carbonyl (C=O) groups is 1. The minimum absolute atomic E-state index is 0.0545. The normalized spacial score (nSPS) is 12.2. The Morgan fingerprint density at radius 3 is 2.62 bits per heavy atom. The highest BCUT2D eigenvalue weighted by atomic mass is 19.4. The number of rotatable bonds is 6. The molecule has 0 aliphatic rings. The Kier molecular flexibility index (Phi) is 7.20. The van der Waals surface area contributed by atoms with Crippen molar-refractivity contribution < 1.29 is 22.7 Å². The number of hydrogen-bond acceptors (Lipinski definition) is 6. The zero-order valence-electron chi connectivity index (χ0n) is 18.6. The van der Waals surface area contributed by atoms with Crippen LogP contribution in [0.4, 0.5) is 29.3 Å². The number of nitrogens with two attached hydrogens (primary N) is 1. The number of aromatic amines is 1. The molecule has 1 unspecified atom stereocenters. The van der Waals surface area contributed by atoms with Crippen LogP contribution in [0.5, 0.6) is 5.75 Å². The van der Waals surface area contributed by atoms with Gasteiger partial charge < -0.3 is 26.1 Å². The van der Waals surface area contributed by atoms with Crippen molar-refractivity contribution in [3.05, 3.63) is 63.8 Å². The number of hydrogen-bond donors (Lipinski definition) is 4. The first-order valence-electron chi connectivity index (χ1n) is 10.2. The van der Waals surface area contributed by atoms with E-state index in [0.29, 0.717) is 17.9 Å². The molecular formula is C22H23F3N6O3. The third kappa shape index (κ3) is 5.70. The molecule has 0 saturated carbocycles. The summed E-state index contributed by atoms with van der Waals surface area (Å²) in [5, 5.41) is 4.88. The maximum absolute atomic E-state index is 13.4. The fourth-order valence-corrected chi connectivity index (χ4v) is 3.14. The summed E-state index contributed by atoms with van der Waals surface area (Å²) in [5.74, 6) is 0.401. The van der Waals surface area contributed by atoms with E-state index in [2.05, 4.69) is 25.6 Å². The zero-order chi connectivity index (χ0) is 25.0. The molecule has 5 N–H and O–H groups in total. The molecule has 34 heavy (non-hydrogen) atoms. The maximum atomic E-state index is 13.4. The van der Waals surface area contributed by atoms with Gasteiger partial charge in [0.1, 0.15) is 0 Å². The monoisotopic (exact) mass is 476 g/mol. The third-order valence-corrected chi connectivity index (χ3v) is 4.76. The summed E-state index contributed by atoms with van der Waals surface area (Å²) < 4.78 is 45.4. The van der Waals surface area contributed by atoms with E-state index in [1.54, 1.807) is 13.8 Å². The number of urea groups is 1. The number of H-pyrrole nitrogens is 1. The van der Waals surface area contributed by atoms with Crippen LogP contribution in [0.15, 0.2) is 41.5 Å². The number of aromatic nitrogens is 3. The topological polar surface area (TPSA) is 135 Å². The second-order valence-corrected chi connectivity index (χ2v) is 7.38. The molecule has 3 rings (SSSR count). The Balaban J connectivity index is 1.77. The van der Waals surface area contributed by atoms with Crippen LogP contribution in [0.3, 0.4) is 0 Å². The highest BCUT2D eigenvalue weighted by molar-refractivity contribution is 6.00. The first kappa shape index (κ1) is 24.7. The Morgan fingerprint density at radius 1 is 1.26 bits per heavy atom. The van der Waals surface area contributed by atoms with Crippen molar-refractivity contribution in [2.24, 2.45) is 5.73 Å². The predicted octanol–water partition coefficient (Wildman–Crippen LogP) is 4.22. The number of alkyl halides is 3. The van der Waals surface area contributed by atoms with Gasteiger partial charge in [0.2, 0.25) is 0 Å². The van der Waals surface area contributed by atoms with Crippen molar-refractivity contribution in [1.29, 1.82) is 0 Å². The van der Waals surface area contributed by atoms with Gasteiger partial charge in [-0.3, -0.25) is 4.79 Å². The molecule has 0 saturated heterocycles. The number of benzene rings is 1. The molecule has 9 nitrogen and oxygen atoms in total. The van der Waals surface area contributed by atoms with E-state index >= 15 is 0 Å². The smallest absolute Gasteiger partial charge is 0.416 e. The summed E-state index contributed by atoms with van der Waals surface area (Å²) in [6.07, 6.45) is -1.84. The number of ether oxygens (including phenoxy) is 1. The molecule has 180 valence electrons. The largest absolute Gasteiger partial charge is 0.488 e. The molecule has 0 fully saturated rings. The third-order valence-electron chi connectivity index (χ3n) is 4.76. The molecule has 0 bridgehead atoms. The number of halogens is 3. The van der Waals surface area contributed by atoms with Crippen LogP contribution in [0, 0.1) is 6.92 Å². The van der Waals surface area contributed by atoms with Crippen molar-refractivity contribution in [2.75, 3.05) is 17.2 Å². The molecule has 12 heteroatoms. The second-order valence-electron chi connectivity index (χ2n) is 7.38. The Morgan fingerprint density at radius 2 is 2.00 bits per heavy atom. The fourth-order valence-electron chi connectivity index (χ4n) is 3.14. The number of nitrogens with zero attached hydrogens (tertiary/aromatic N) is 2. The fraction of sp³-hybridized carbons (Fsp3) is 0.273. The summed E-state index contributed by atoms with van der Waals surface area (Å²) >= 11 is 0. The predicted molar refractivity (Wildman–Crippen MR) is 121 cm³/mol. The zero-order valence-corrected chi connectivity index (χ0v) is 18.6. The van der Waals surface area contributed by atoms with Crippen LogP contribution >= 0.6 is 0 Å². The highest BCUT2D eigenvalue weighted by Crippen LogP contribution is 2.35. The Labute approximate surface area is 192 Å². The molecule has 0 radical (unpaired) electrons. The SMILES string of the molecule is CCOc1cc(-c2ncc(NC(=O)Nc3ccc(C(C)N)c(C(F)(F)F)c3)c(C)n2)c[nH]c1=O. The van der Waals surface area contributed by atoms with Crippen molar-refractivity contribution >= 4 is 17.4 Å². The summed E-state index contributed by atoms with van der Waals surface area (Å²) in [5.41, 5.74) is 5.33. The standard InChI is InChI=1S/C22H23F3N6O3/c1-4-34-18-7-13(9-28-20(18)32)19-27-10-17(12(3)29-19)31-21(33)30-14-5-6-15(11(2)26)16(8-14)22(23,24)25/h5-11H,4,26H2,1-3H3,(H,28,32)(H2,30,31,33). The molecule has 2 heterocycles. The summed E-state index contributed by atoms with van der Waals surface area (Å²) in [4.78, 5) is 35.2. The quantitative estimate of drug-likeness (QED) is 0.421. The van der Waals surface area contributed by atoms with Crippen LogP contribution in [0.2, 0.25) is 0 Å². The van der Waals surface area contributed by atoms with Crippen LogP contribution < -0.4 is 26.7 Å². The number of amides is 2. The van der Waals surface area contributed by atoms with E-state index in [1.807, 2.05) is 0 Å². The number of anilines is 2. The lowest BCUT2D eigenvalue weighted by molar-refractivity contribution is -0.138. The van der Waals surface area contributed by atoms with E-state index in [1.165, 1.54) is 37.5 Å². The highest BCUT2D eigenvalue weighted by Gasteiger charge is 2.34. The minimum atomic E-state index is -4.62. The van der Waals surface area contributed by atoms with E-state index in [0.717, 1.165) is 6.07 Å². The van der Waals surface area contributed by atoms with E-state index in [-0.39, 0.29) is 34.1 Å². The van der Waals surface area contributed by atoms with E-state index in [9.17, 15) is 22.8 Å². The van der Waals surface area contributed by atoms with Crippen molar-refractivity contribution in [2.45, 2.75) is 33.0 Å². The van der Waals surface area contributed by atoms with Gasteiger partial charge in [-0.2, -0.15) is 13.2 Å². The van der Waals surface area contributed by atoms with Gasteiger partial charge in [-0.1, -0.05) is 6.07 Å². The second kappa shape index (κ2) is 9.91. The summed E-state index contributed by atoms with van der Waals surface area (Å²) in [7, 11) is 0. The molecule has 2 aromatic heterocycles. The van der Waals surface area contributed by atoms with E-state index < -0.39 is 23.8 Å². The molecule has 0 aliphatic heterocycles. The van der Waals surface area contributed by atoms with Crippen LogP contribution in [0.25, 0.3) is 11.4 Å². The number of aryl methyl sites for hydroxylation is 1. The van der Waals surface area contributed by atoms with Crippen molar-refractivity contribution in [1.82, 2.24) is 15.0 Å². The summed E-state index contributed by atoms with van der Waals surface area (Å²) in [6.45, 7) is 5.12. The van der Waals surface area contributed by atoms with Crippen molar-refractivity contribution in [3.63, 3.8) is 0 Å². The molecule has 1 aromatic carbocycles. The summed E-state index contributed by atoms with van der Waals surface area (Å²) in [6, 6.07) is 3.30. The van der Waals surface area contributed by atoms with E-state index in [4.69, 9.17) is 10.5 Å². The van der Waals surface area contributed by atoms with Gasteiger partial charge in [0.15, 0.2) is 11.6 Å². The number of carbonyl (C=O) groups excluding carboxylic acids is 1. The lowest BCUT2D eigenvalue weighted by atomic mass is 10.0. The Bertz CT molecular complexity index is 1260. The molecule has 3 aromatic rings. The molecule has 0 aliphatic carbocycles. The molecule has 1 atom stereocenters. The van der Waals surface area contributed by atoms with Gasteiger partial charge in [0, 0.05) is 23.5 Å². The minimum Gasteiger partial charge on any atom is -0.488 e. The maximum Gasteiger partial charge on any atom is 0.416 e. The number of nitrogens with one attached hydrogen (secondary N) is 3. The lowest BCUT2D eigenvalue weighted by Gasteiger charge is -2.17. The van der Waals surface area contributed by atoms with Crippen LogP contribution in [-0.2, 0) is 6.18 Å². The van der Waals surface area contributed by atoms with Gasteiger partial charge in [-0.25, -0.2) is 14.8 Å². The first-order chi connectivity index (χ1) is 16.0. The van der Waals surface area contributed by atoms with Crippen molar-refractivity contribution in [3.8, 4) is 17.1 Å². The number of pyridine rings is 1. The molecule has 2 amide bonds. The van der Waals surface area contributed by atoms with Gasteiger partial charge in [0.05, 0.1) is 29.7 Å². The molecular weight excluding hydrogens is 453 g/mol. The van der Waals surface area contributed by atoms with Crippen LogP contribution in [0.1, 0.15) is 36.7 Å². The van der Waals surface area contributed by atoms with Gasteiger partial charge in [0.25, 0.3) is 5.56 Å². The van der Waals surface area contributed by atoms with Gasteiger partial charge in [-0.05, 0) is 44.5 Å².